The van der Waals surface area contributed by atoms with Crippen molar-refractivity contribution in [2.45, 2.75) is 31.2 Å². The fourth-order valence-corrected chi connectivity index (χ4v) is 4.27. The number of pyridine rings is 1. The van der Waals surface area contributed by atoms with Gasteiger partial charge in [0.1, 0.15) is 11.9 Å². The minimum Gasteiger partial charge on any atom is -0.376 e. The molecule has 1 aliphatic heterocycles. The van der Waals surface area contributed by atoms with Crippen LogP contribution in [-0.4, -0.2) is 72.3 Å². The molecule has 0 bridgehead atoms. The highest BCUT2D eigenvalue weighted by Crippen LogP contribution is 2.28. The van der Waals surface area contributed by atoms with Crippen molar-refractivity contribution in [3.8, 4) is 11.8 Å². The van der Waals surface area contributed by atoms with E-state index in [1.165, 1.54) is 10.6 Å². The topological polar surface area (TPSA) is 73.7 Å². The highest BCUT2D eigenvalue weighted by atomic mass is 19.4. The van der Waals surface area contributed by atoms with Crippen LogP contribution >= 0.6 is 0 Å². The number of nitrogens with one attached hydrogen (secondary N) is 3. The second kappa shape index (κ2) is 11.1. The van der Waals surface area contributed by atoms with E-state index in [-0.39, 0.29) is 36.0 Å². The molecule has 0 unspecified atom stereocenters. The maximum atomic E-state index is 14.6. The molecular formula is C26H28F4N6O. The zero-order valence-electron chi connectivity index (χ0n) is 20.5. The number of hydrogen-bond donors (Lipinski definition) is 3. The molecule has 1 fully saturated rings. The van der Waals surface area contributed by atoms with Gasteiger partial charge in [-0.2, -0.15) is 13.2 Å². The van der Waals surface area contributed by atoms with E-state index in [1.807, 2.05) is 11.9 Å². The lowest BCUT2D eigenvalue weighted by atomic mass is 10.0. The van der Waals surface area contributed by atoms with Crippen LogP contribution in [0.15, 0.2) is 42.6 Å². The van der Waals surface area contributed by atoms with E-state index in [1.54, 1.807) is 43.4 Å². The molecule has 3 N–H and O–H groups in total. The summed E-state index contributed by atoms with van der Waals surface area (Å²) in [6.45, 7) is 1.16. The summed E-state index contributed by atoms with van der Waals surface area (Å²) in [5, 5.41) is 8.74. The number of amides is 1. The molecule has 3 heterocycles. The number of nitrogens with zero attached hydrogens (tertiary/aromatic N) is 3. The van der Waals surface area contributed by atoms with Crippen molar-refractivity contribution >= 4 is 22.9 Å². The molecule has 0 aliphatic carbocycles. The monoisotopic (exact) mass is 516 g/mol. The highest BCUT2D eigenvalue weighted by Gasteiger charge is 2.32. The number of carbonyl (C=O) groups is 1. The van der Waals surface area contributed by atoms with Crippen molar-refractivity contribution < 1.29 is 22.4 Å². The van der Waals surface area contributed by atoms with Crippen LogP contribution in [0.3, 0.4) is 0 Å². The van der Waals surface area contributed by atoms with Gasteiger partial charge in [0.25, 0.3) is 5.91 Å². The van der Waals surface area contributed by atoms with Crippen molar-refractivity contribution in [1.29, 1.82) is 0 Å². The molecule has 196 valence electrons. The fraction of sp³-hybridized carbons (Fsp3) is 0.385. The minimum atomic E-state index is -4.46. The van der Waals surface area contributed by atoms with Gasteiger partial charge in [0, 0.05) is 37.6 Å². The van der Waals surface area contributed by atoms with E-state index in [2.05, 4.69) is 32.8 Å². The number of piperidine rings is 1. The molecule has 4 rings (SSSR count). The quantitative estimate of drug-likeness (QED) is 0.344. The Morgan fingerprint density at radius 2 is 1.97 bits per heavy atom. The Labute approximate surface area is 212 Å². The number of rotatable bonds is 6. The molecular weight excluding hydrogens is 488 g/mol. The smallest absolute Gasteiger partial charge is 0.376 e. The van der Waals surface area contributed by atoms with Crippen LogP contribution in [0.5, 0.6) is 0 Å². The van der Waals surface area contributed by atoms with E-state index in [9.17, 15) is 22.4 Å². The lowest BCUT2D eigenvalue weighted by molar-refractivity contribution is -0.128. The summed E-state index contributed by atoms with van der Waals surface area (Å²) in [6, 6.07) is 9.57. The summed E-state index contributed by atoms with van der Waals surface area (Å²) < 4.78 is 56.2. The van der Waals surface area contributed by atoms with Gasteiger partial charge in [-0.3, -0.25) is 4.79 Å². The average Bonchev–Trinajstić information content (AvgIpc) is 3.20. The van der Waals surface area contributed by atoms with E-state index in [0.717, 1.165) is 0 Å². The molecule has 0 radical (unpaired) electrons. The summed E-state index contributed by atoms with van der Waals surface area (Å²) in [6.07, 6.45) is -4.70. The SMILES string of the molecule is CNC(=O)c1ccc(NCC#Cc2nc3c(N[C@@H]4CCN(C)C[C@@H]4F)cccn3c2CC(F)(F)F)cc1. The van der Waals surface area contributed by atoms with Crippen molar-refractivity contribution in [2.75, 3.05) is 44.4 Å². The van der Waals surface area contributed by atoms with Crippen molar-refractivity contribution in [3.63, 3.8) is 0 Å². The predicted molar refractivity (Wildman–Crippen MR) is 135 cm³/mol. The van der Waals surface area contributed by atoms with Gasteiger partial charge in [0.05, 0.1) is 30.4 Å². The molecule has 2 atom stereocenters. The van der Waals surface area contributed by atoms with Crippen LogP contribution in [0.4, 0.5) is 28.9 Å². The average molecular weight is 517 g/mol. The second-order valence-corrected chi connectivity index (χ2v) is 8.94. The molecule has 11 heteroatoms. The zero-order valence-corrected chi connectivity index (χ0v) is 20.5. The van der Waals surface area contributed by atoms with E-state index in [0.29, 0.717) is 29.9 Å². The second-order valence-electron chi connectivity index (χ2n) is 8.94. The molecule has 1 amide bonds. The van der Waals surface area contributed by atoms with Gasteiger partial charge < -0.3 is 25.3 Å². The highest BCUT2D eigenvalue weighted by molar-refractivity contribution is 5.94. The lowest BCUT2D eigenvalue weighted by Crippen LogP contribution is -2.46. The fourth-order valence-electron chi connectivity index (χ4n) is 4.27. The first kappa shape index (κ1) is 26.3. The first-order valence-electron chi connectivity index (χ1n) is 11.9. The van der Waals surface area contributed by atoms with Crippen molar-refractivity contribution in [2.24, 2.45) is 0 Å². The number of likely N-dealkylation sites (tertiary alicyclic amines) is 1. The van der Waals surface area contributed by atoms with Crippen LogP contribution in [0.25, 0.3) is 5.65 Å². The first-order chi connectivity index (χ1) is 17.6. The third-order valence-electron chi connectivity index (χ3n) is 6.16. The standard InChI is InChI=1S/C26H28F4N6O/c1-31-25(37)17-7-9-18(10-8-17)32-12-3-5-21-23(15-26(28,29)30)36-13-4-6-22(24(36)34-21)33-20-11-14-35(2)16-19(20)27/h4,6-10,13,19-20,32-33H,11-12,14-16H2,1-2H3,(H,31,37)/t19-,20+/m0/s1. The Morgan fingerprint density at radius 3 is 2.65 bits per heavy atom. The third-order valence-corrected chi connectivity index (χ3v) is 6.16. The van der Waals surface area contributed by atoms with E-state index in [4.69, 9.17) is 0 Å². The van der Waals surface area contributed by atoms with Gasteiger partial charge in [0.2, 0.25) is 0 Å². The van der Waals surface area contributed by atoms with Gasteiger partial charge in [-0.25, -0.2) is 9.37 Å². The number of carbonyl (C=O) groups excluding carboxylic acids is 1. The van der Waals surface area contributed by atoms with Crippen LogP contribution in [0, 0.1) is 11.8 Å². The Balaban J connectivity index is 1.56. The molecule has 1 saturated heterocycles. The number of hydrogen-bond acceptors (Lipinski definition) is 5. The Morgan fingerprint density at radius 1 is 1.22 bits per heavy atom. The van der Waals surface area contributed by atoms with Crippen LogP contribution in [0.1, 0.15) is 28.2 Å². The van der Waals surface area contributed by atoms with Gasteiger partial charge in [-0.15, -0.1) is 0 Å². The Hall–Kier alpha value is -3.78. The van der Waals surface area contributed by atoms with E-state index < -0.39 is 24.8 Å². The molecule has 37 heavy (non-hydrogen) atoms. The number of fused-ring (bicyclic) bond motifs is 1. The molecule has 2 aromatic heterocycles. The molecule has 0 saturated carbocycles. The van der Waals surface area contributed by atoms with Gasteiger partial charge >= 0.3 is 6.18 Å². The van der Waals surface area contributed by atoms with Crippen molar-refractivity contribution in [3.05, 3.63) is 59.5 Å². The number of halogens is 4. The number of benzene rings is 1. The lowest BCUT2D eigenvalue weighted by Gasteiger charge is -2.33. The Bertz CT molecular complexity index is 1310. The summed E-state index contributed by atoms with van der Waals surface area (Å²) in [4.78, 5) is 18.0. The maximum absolute atomic E-state index is 14.6. The third kappa shape index (κ3) is 6.51. The summed E-state index contributed by atoms with van der Waals surface area (Å²) in [7, 11) is 3.39. The molecule has 1 aromatic carbocycles. The van der Waals surface area contributed by atoms with Crippen LogP contribution in [-0.2, 0) is 6.42 Å². The van der Waals surface area contributed by atoms with Crippen LogP contribution in [0.2, 0.25) is 0 Å². The first-order valence-corrected chi connectivity index (χ1v) is 11.9. The molecule has 3 aromatic rings. The Kier molecular flexibility index (Phi) is 7.88. The summed E-state index contributed by atoms with van der Waals surface area (Å²) in [5.74, 6) is 5.39. The molecule has 0 spiro atoms. The number of imidazole rings is 1. The largest absolute Gasteiger partial charge is 0.394 e. The molecule has 1 aliphatic rings. The normalized spacial score (nSPS) is 18.2. The molecule has 7 nitrogen and oxygen atoms in total. The van der Waals surface area contributed by atoms with Crippen molar-refractivity contribution in [1.82, 2.24) is 19.6 Å². The summed E-state index contributed by atoms with van der Waals surface area (Å²) in [5.41, 5.74) is 1.89. The van der Waals surface area contributed by atoms with Gasteiger partial charge in [-0.1, -0.05) is 5.92 Å². The number of aromatic nitrogens is 2. The minimum absolute atomic E-state index is 0.0171. The van der Waals surface area contributed by atoms with Gasteiger partial charge in [-0.05, 0) is 55.8 Å². The number of alkyl halides is 4. The summed E-state index contributed by atoms with van der Waals surface area (Å²) >= 11 is 0. The number of anilines is 2. The predicted octanol–water partition coefficient (Wildman–Crippen LogP) is 3.72. The maximum Gasteiger partial charge on any atom is 0.394 e. The zero-order chi connectivity index (χ0) is 26.6. The van der Waals surface area contributed by atoms with Gasteiger partial charge in [0.15, 0.2) is 5.65 Å². The van der Waals surface area contributed by atoms with E-state index >= 15 is 0 Å². The van der Waals surface area contributed by atoms with Crippen LogP contribution < -0.4 is 16.0 Å².